The Kier molecular flexibility index (Phi) is 5.33. The second kappa shape index (κ2) is 7.30. The van der Waals surface area contributed by atoms with Crippen molar-refractivity contribution >= 4 is 21.8 Å². The molecule has 1 heterocycles. The lowest BCUT2D eigenvalue weighted by molar-refractivity contribution is 0.355. The summed E-state index contributed by atoms with van der Waals surface area (Å²) in [5.74, 6) is 2.03. The molecule has 2 aromatic carbocycles. The zero-order valence-electron chi connectivity index (χ0n) is 14.1. The van der Waals surface area contributed by atoms with Crippen molar-refractivity contribution in [1.29, 1.82) is 0 Å². The fraction of sp³-hybridized carbons (Fsp3) is 0.368. The predicted octanol–water partition coefficient (Wildman–Crippen LogP) is 4.29. The molecular weight excluding hydrogens is 338 g/mol. The molecule has 1 unspecified atom stereocenters. The highest BCUT2D eigenvalue weighted by Gasteiger charge is 2.34. The Labute approximate surface area is 149 Å². The van der Waals surface area contributed by atoms with Gasteiger partial charge in [0.25, 0.3) is 0 Å². The number of hydrogen-bond donors (Lipinski definition) is 0. The van der Waals surface area contributed by atoms with Crippen LogP contribution in [-0.4, -0.2) is 30.8 Å². The Bertz CT molecular complexity index is 771. The van der Waals surface area contributed by atoms with Gasteiger partial charge in [-0.25, -0.2) is 8.42 Å². The minimum Gasteiger partial charge on any atom is -0.207 e. The quantitative estimate of drug-likeness (QED) is 0.815. The lowest BCUT2D eigenvalue weighted by Crippen LogP contribution is -2.40. The molecule has 2 aromatic rings. The topological polar surface area (TPSA) is 37.4 Å². The minimum atomic E-state index is -3.48. The molecule has 1 aliphatic heterocycles. The van der Waals surface area contributed by atoms with Gasteiger partial charge in [0.1, 0.15) is 0 Å². The van der Waals surface area contributed by atoms with Crippen LogP contribution in [0.2, 0.25) is 0 Å². The largest absolute Gasteiger partial charge is 0.243 e. The maximum absolute atomic E-state index is 13.2. The average molecular weight is 362 g/mol. The van der Waals surface area contributed by atoms with Crippen molar-refractivity contribution in [2.75, 3.05) is 18.1 Å². The van der Waals surface area contributed by atoms with Gasteiger partial charge in [-0.1, -0.05) is 56.3 Å². The van der Waals surface area contributed by atoms with Gasteiger partial charge in [0, 0.05) is 18.1 Å². The van der Waals surface area contributed by atoms with Crippen LogP contribution in [0.15, 0.2) is 59.5 Å². The fourth-order valence-electron chi connectivity index (χ4n) is 2.97. The van der Waals surface area contributed by atoms with Crippen molar-refractivity contribution in [1.82, 2.24) is 4.31 Å². The number of rotatable bonds is 4. The van der Waals surface area contributed by atoms with E-state index in [1.807, 2.05) is 54.2 Å². The van der Waals surface area contributed by atoms with E-state index in [4.69, 9.17) is 0 Å². The molecule has 3 nitrogen and oxygen atoms in total. The van der Waals surface area contributed by atoms with Crippen molar-refractivity contribution in [3.63, 3.8) is 0 Å². The van der Waals surface area contributed by atoms with Crippen molar-refractivity contribution in [2.45, 2.75) is 30.7 Å². The molecule has 0 radical (unpaired) electrons. The average Bonchev–Trinajstić information content (AvgIpc) is 2.62. The molecule has 1 atom stereocenters. The number of sulfonamides is 1. The summed E-state index contributed by atoms with van der Waals surface area (Å²) < 4.78 is 28.0. The summed E-state index contributed by atoms with van der Waals surface area (Å²) in [5.41, 5.74) is 2.22. The number of nitrogens with zero attached hydrogens (tertiary/aromatic N) is 1. The summed E-state index contributed by atoms with van der Waals surface area (Å²) in [6.45, 7) is 4.77. The molecular formula is C19H23NO2S2. The van der Waals surface area contributed by atoms with Gasteiger partial charge in [-0.15, -0.1) is 0 Å². The molecule has 1 aliphatic rings. The molecule has 0 aromatic heterocycles. The predicted molar refractivity (Wildman–Crippen MR) is 101 cm³/mol. The van der Waals surface area contributed by atoms with Crippen molar-refractivity contribution in [3.05, 3.63) is 65.7 Å². The van der Waals surface area contributed by atoms with E-state index in [1.54, 1.807) is 16.4 Å². The molecule has 0 N–H and O–H groups in total. The van der Waals surface area contributed by atoms with E-state index >= 15 is 0 Å². The van der Waals surface area contributed by atoms with Crippen LogP contribution in [0.5, 0.6) is 0 Å². The zero-order chi connectivity index (χ0) is 17.2. The molecule has 0 spiro atoms. The Balaban J connectivity index is 1.94. The third-order valence-corrected chi connectivity index (χ3v) is 7.36. The van der Waals surface area contributed by atoms with Crippen LogP contribution in [0.25, 0.3) is 0 Å². The summed E-state index contributed by atoms with van der Waals surface area (Å²) in [4.78, 5) is 0.389. The van der Waals surface area contributed by atoms with Crippen molar-refractivity contribution < 1.29 is 8.42 Å². The molecule has 0 amide bonds. The van der Waals surface area contributed by atoms with Crippen LogP contribution in [0.3, 0.4) is 0 Å². The first-order valence-corrected chi connectivity index (χ1v) is 10.8. The van der Waals surface area contributed by atoms with Crippen molar-refractivity contribution in [3.8, 4) is 0 Å². The first kappa shape index (κ1) is 17.5. The van der Waals surface area contributed by atoms with Crippen LogP contribution in [0.4, 0.5) is 0 Å². The Hall–Kier alpha value is -1.30. The smallest absolute Gasteiger partial charge is 0.207 e. The lowest BCUT2D eigenvalue weighted by atomic mass is 10.0. The van der Waals surface area contributed by atoms with Crippen LogP contribution < -0.4 is 0 Å². The van der Waals surface area contributed by atoms with Gasteiger partial charge >= 0.3 is 0 Å². The van der Waals surface area contributed by atoms with Crippen LogP contribution in [-0.2, 0) is 10.0 Å². The first-order chi connectivity index (χ1) is 11.5. The van der Waals surface area contributed by atoms with E-state index in [0.29, 0.717) is 17.4 Å². The Morgan fingerprint density at radius 2 is 1.71 bits per heavy atom. The van der Waals surface area contributed by atoms with Gasteiger partial charge in [-0.2, -0.15) is 16.1 Å². The minimum absolute atomic E-state index is 0.0975. The Morgan fingerprint density at radius 3 is 2.33 bits per heavy atom. The molecule has 1 saturated heterocycles. The van der Waals surface area contributed by atoms with Crippen LogP contribution in [0.1, 0.15) is 36.9 Å². The van der Waals surface area contributed by atoms with Crippen LogP contribution >= 0.6 is 11.8 Å². The van der Waals surface area contributed by atoms with E-state index in [-0.39, 0.29) is 6.04 Å². The van der Waals surface area contributed by atoms with E-state index in [9.17, 15) is 8.42 Å². The molecule has 5 heteroatoms. The highest BCUT2D eigenvalue weighted by atomic mass is 32.2. The highest BCUT2D eigenvalue weighted by Crippen LogP contribution is 2.34. The van der Waals surface area contributed by atoms with Gasteiger partial charge in [-0.05, 0) is 29.2 Å². The summed E-state index contributed by atoms with van der Waals surface area (Å²) in [5, 5.41) is 0. The second-order valence-electron chi connectivity index (χ2n) is 6.34. The second-order valence-corrected chi connectivity index (χ2v) is 9.38. The maximum Gasteiger partial charge on any atom is 0.243 e. The lowest BCUT2D eigenvalue weighted by Gasteiger charge is -2.34. The fourth-order valence-corrected chi connectivity index (χ4v) is 5.89. The summed E-state index contributed by atoms with van der Waals surface area (Å²) in [7, 11) is -3.48. The third kappa shape index (κ3) is 3.53. The van der Waals surface area contributed by atoms with Gasteiger partial charge < -0.3 is 0 Å². The molecule has 0 bridgehead atoms. The third-order valence-electron chi connectivity index (χ3n) is 4.42. The normalized spacial score (nSPS) is 19.5. The standard InChI is InChI=1S/C19H23NO2S2/c1-15(2)16-8-10-18(11-9-16)24(21,22)20-12-13-23-14-19(20)17-6-4-3-5-7-17/h3-11,15,19H,12-14H2,1-2H3. The SMILES string of the molecule is CC(C)c1ccc(S(=O)(=O)N2CCSCC2c2ccccc2)cc1. The zero-order valence-corrected chi connectivity index (χ0v) is 15.7. The van der Waals surface area contributed by atoms with E-state index in [1.165, 1.54) is 0 Å². The van der Waals surface area contributed by atoms with Gasteiger partial charge in [0.05, 0.1) is 10.9 Å². The van der Waals surface area contributed by atoms with E-state index < -0.39 is 10.0 Å². The van der Waals surface area contributed by atoms with Gasteiger partial charge in [0.2, 0.25) is 10.0 Å². The highest BCUT2D eigenvalue weighted by molar-refractivity contribution is 7.99. The molecule has 3 rings (SSSR count). The number of thioether (sulfide) groups is 1. The monoisotopic (exact) mass is 361 g/mol. The Morgan fingerprint density at radius 1 is 1.04 bits per heavy atom. The van der Waals surface area contributed by atoms with Crippen LogP contribution in [0, 0.1) is 0 Å². The van der Waals surface area contributed by atoms with Gasteiger partial charge in [0.15, 0.2) is 0 Å². The molecule has 24 heavy (non-hydrogen) atoms. The van der Waals surface area contributed by atoms with E-state index in [0.717, 1.165) is 22.6 Å². The first-order valence-electron chi connectivity index (χ1n) is 8.24. The summed E-state index contributed by atoms with van der Waals surface area (Å²) >= 11 is 1.81. The molecule has 1 fully saturated rings. The maximum atomic E-state index is 13.2. The summed E-state index contributed by atoms with van der Waals surface area (Å²) in [6, 6.07) is 17.2. The van der Waals surface area contributed by atoms with E-state index in [2.05, 4.69) is 13.8 Å². The number of hydrogen-bond acceptors (Lipinski definition) is 3. The molecule has 128 valence electrons. The molecule has 0 saturated carbocycles. The van der Waals surface area contributed by atoms with Crippen molar-refractivity contribution in [2.24, 2.45) is 0 Å². The number of benzene rings is 2. The summed E-state index contributed by atoms with van der Waals surface area (Å²) in [6.07, 6.45) is 0. The molecule has 0 aliphatic carbocycles. The van der Waals surface area contributed by atoms with Gasteiger partial charge in [-0.3, -0.25) is 0 Å².